The summed E-state index contributed by atoms with van der Waals surface area (Å²) < 4.78 is 27.0. The lowest BCUT2D eigenvalue weighted by molar-refractivity contribution is -0.112. The van der Waals surface area contributed by atoms with Gasteiger partial charge in [0.1, 0.15) is 11.6 Å². The van der Waals surface area contributed by atoms with Crippen molar-refractivity contribution in [1.29, 1.82) is 5.26 Å². The molecule has 8 nitrogen and oxygen atoms in total. The predicted molar refractivity (Wildman–Crippen MR) is 113 cm³/mol. The van der Waals surface area contributed by atoms with Crippen molar-refractivity contribution in [1.82, 2.24) is 9.97 Å². The number of benzene rings is 2. The number of sulfonamides is 1. The molecule has 0 radical (unpaired) electrons. The first-order chi connectivity index (χ1) is 14.4. The van der Waals surface area contributed by atoms with E-state index in [9.17, 15) is 18.5 Å². The molecule has 0 bridgehead atoms. The molecule has 30 heavy (non-hydrogen) atoms. The van der Waals surface area contributed by atoms with E-state index in [0.717, 1.165) is 0 Å². The van der Waals surface area contributed by atoms with Crippen molar-refractivity contribution in [2.45, 2.75) is 4.90 Å². The van der Waals surface area contributed by atoms with Crippen LogP contribution in [-0.2, 0) is 14.8 Å². The average molecular weight is 440 g/mol. The van der Waals surface area contributed by atoms with Gasteiger partial charge in [-0.05, 0) is 54.1 Å². The van der Waals surface area contributed by atoms with E-state index in [0.29, 0.717) is 16.3 Å². The summed E-state index contributed by atoms with van der Waals surface area (Å²) in [7, 11) is -3.89. The molecule has 0 aliphatic heterocycles. The Morgan fingerprint density at radius 1 is 1.03 bits per heavy atom. The molecule has 150 valence electrons. The quantitative estimate of drug-likeness (QED) is 0.447. The molecule has 2 aromatic carbocycles. The summed E-state index contributed by atoms with van der Waals surface area (Å²) in [6.07, 6.45) is 4.25. The van der Waals surface area contributed by atoms with Gasteiger partial charge < -0.3 is 5.32 Å². The maximum absolute atomic E-state index is 12.4. The third-order valence-corrected chi connectivity index (χ3v) is 5.36. The molecule has 0 unspecified atom stereocenters. The highest BCUT2D eigenvalue weighted by atomic mass is 35.5. The van der Waals surface area contributed by atoms with Crippen LogP contribution >= 0.6 is 11.6 Å². The van der Waals surface area contributed by atoms with E-state index in [1.165, 1.54) is 42.7 Å². The van der Waals surface area contributed by atoms with Crippen LogP contribution in [0.25, 0.3) is 6.08 Å². The number of carbonyl (C=O) groups excluding carboxylic acids is 1. The van der Waals surface area contributed by atoms with Crippen LogP contribution in [0.2, 0.25) is 5.02 Å². The summed E-state index contributed by atoms with van der Waals surface area (Å²) in [6.45, 7) is 0. The van der Waals surface area contributed by atoms with Crippen LogP contribution < -0.4 is 10.0 Å². The van der Waals surface area contributed by atoms with Crippen LogP contribution in [-0.4, -0.2) is 24.3 Å². The van der Waals surface area contributed by atoms with E-state index in [-0.39, 0.29) is 16.4 Å². The second-order valence-electron chi connectivity index (χ2n) is 5.88. The minimum Gasteiger partial charge on any atom is -0.321 e. The van der Waals surface area contributed by atoms with Crippen molar-refractivity contribution < 1.29 is 13.2 Å². The molecule has 10 heteroatoms. The van der Waals surface area contributed by atoms with E-state index >= 15 is 0 Å². The average Bonchev–Trinajstić information content (AvgIpc) is 2.74. The molecule has 0 saturated carbocycles. The second-order valence-corrected chi connectivity index (χ2v) is 8.00. The zero-order chi connectivity index (χ0) is 21.6. The zero-order valence-electron chi connectivity index (χ0n) is 15.3. The van der Waals surface area contributed by atoms with Gasteiger partial charge in [0.25, 0.3) is 15.9 Å². The van der Waals surface area contributed by atoms with Gasteiger partial charge in [-0.15, -0.1) is 0 Å². The van der Waals surface area contributed by atoms with Crippen LogP contribution in [0.3, 0.4) is 0 Å². The minimum atomic E-state index is -3.89. The highest BCUT2D eigenvalue weighted by Gasteiger charge is 2.16. The predicted octanol–water partition coefficient (Wildman–Crippen LogP) is 3.48. The summed E-state index contributed by atoms with van der Waals surface area (Å²) in [6, 6.07) is 15.5. The molecule has 3 rings (SSSR count). The maximum atomic E-state index is 12.4. The number of nitrogens with zero attached hydrogens (tertiary/aromatic N) is 3. The van der Waals surface area contributed by atoms with Gasteiger partial charge in [0.2, 0.25) is 5.95 Å². The summed E-state index contributed by atoms with van der Waals surface area (Å²) in [5.41, 5.74) is 0.853. The fourth-order valence-corrected chi connectivity index (χ4v) is 3.41. The van der Waals surface area contributed by atoms with Crippen molar-refractivity contribution in [3.05, 3.63) is 83.2 Å². The molecule has 0 atom stereocenters. The normalized spacial score (nSPS) is 11.4. The van der Waals surface area contributed by atoms with Gasteiger partial charge in [-0.25, -0.2) is 23.1 Å². The van der Waals surface area contributed by atoms with Crippen molar-refractivity contribution in [3.8, 4) is 6.07 Å². The molecule has 0 fully saturated rings. The van der Waals surface area contributed by atoms with Crippen LogP contribution in [0.15, 0.2) is 77.5 Å². The summed E-state index contributed by atoms with van der Waals surface area (Å²) in [5.74, 6) is -0.681. The number of rotatable bonds is 6. The lowest BCUT2D eigenvalue weighted by Crippen LogP contribution is -2.16. The van der Waals surface area contributed by atoms with Crippen molar-refractivity contribution in [2.75, 3.05) is 10.0 Å². The number of carbonyl (C=O) groups is 1. The number of amides is 1. The monoisotopic (exact) mass is 439 g/mol. The molecule has 0 saturated heterocycles. The minimum absolute atomic E-state index is 0.0369. The Hall–Kier alpha value is -3.74. The number of anilines is 2. The first kappa shape index (κ1) is 21.0. The van der Waals surface area contributed by atoms with E-state index in [1.807, 2.05) is 6.07 Å². The number of halogens is 1. The molecule has 1 aromatic heterocycles. The standard InChI is InChI=1S/C20H14ClN5O3S/c21-16-4-2-14(3-5-16)12-15(13-22)19(27)25-17-6-8-18(9-7-17)30(28,29)26-20-23-10-1-11-24-20/h1-12H,(H,25,27)(H,23,24,26)/b15-12+. The Morgan fingerprint density at radius 2 is 1.67 bits per heavy atom. The van der Waals surface area contributed by atoms with Crippen LogP contribution in [0.5, 0.6) is 0 Å². The van der Waals surface area contributed by atoms with Gasteiger partial charge in [-0.2, -0.15) is 5.26 Å². The lowest BCUT2D eigenvalue weighted by Gasteiger charge is -2.08. The van der Waals surface area contributed by atoms with Gasteiger partial charge >= 0.3 is 0 Å². The molecule has 1 amide bonds. The molecule has 1 heterocycles. The van der Waals surface area contributed by atoms with E-state index < -0.39 is 15.9 Å². The fourth-order valence-electron chi connectivity index (χ4n) is 2.32. The van der Waals surface area contributed by atoms with Crippen molar-refractivity contribution in [3.63, 3.8) is 0 Å². The smallest absolute Gasteiger partial charge is 0.266 e. The summed E-state index contributed by atoms with van der Waals surface area (Å²) >= 11 is 5.82. The van der Waals surface area contributed by atoms with Crippen LogP contribution in [0.1, 0.15) is 5.56 Å². The third-order valence-electron chi connectivity index (χ3n) is 3.76. The first-order valence-corrected chi connectivity index (χ1v) is 10.3. The highest BCUT2D eigenvalue weighted by Crippen LogP contribution is 2.18. The first-order valence-electron chi connectivity index (χ1n) is 8.46. The van der Waals surface area contributed by atoms with Gasteiger partial charge in [0.05, 0.1) is 4.90 Å². The Bertz CT molecular complexity index is 1220. The van der Waals surface area contributed by atoms with Crippen molar-refractivity contribution >= 4 is 45.2 Å². The lowest BCUT2D eigenvalue weighted by atomic mass is 10.1. The summed E-state index contributed by atoms with van der Waals surface area (Å²) in [4.78, 5) is 19.9. The maximum Gasteiger partial charge on any atom is 0.266 e. The van der Waals surface area contributed by atoms with Gasteiger partial charge in [-0.1, -0.05) is 23.7 Å². The van der Waals surface area contributed by atoms with E-state index in [4.69, 9.17) is 11.6 Å². The van der Waals surface area contributed by atoms with Gasteiger partial charge in [0, 0.05) is 23.1 Å². The number of aromatic nitrogens is 2. The Morgan fingerprint density at radius 3 is 2.27 bits per heavy atom. The SMILES string of the molecule is N#C/C(=C\c1ccc(Cl)cc1)C(=O)Nc1ccc(S(=O)(=O)Nc2ncccn2)cc1. The third kappa shape index (κ3) is 5.41. The molecule has 0 spiro atoms. The number of hydrogen-bond acceptors (Lipinski definition) is 6. The highest BCUT2D eigenvalue weighted by molar-refractivity contribution is 7.92. The molecular weight excluding hydrogens is 426 g/mol. The second kappa shape index (κ2) is 9.17. The molecule has 0 aliphatic carbocycles. The van der Waals surface area contributed by atoms with Gasteiger partial charge in [-0.3, -0.25) is 4.79 Å². The largest absolute Gasteiger partial charge is 0.321 e. The number of hydrogen-bond donors (Lipinski definition) is 2. The molecule has 0 aliphatic rings. The van der Waals surface area contributed by atoms with E-state index in [1.54, 1.807) is 30.3 Å². The zero-order valence-corrected chi connectivity index (χ0v) is 16.9. The van der Waals surface area contributed by atoms with Crippen molar-refractivity contribution in [2.24, 2.45) is 0 Å². The number of nitriles is 1. The summed E-state index contributed by atoms with van der Waals surface area (Å²) in [5, 5.41) is 12.4. The Balaban J connectivity index is 1.72. The molecule has 3 aromatic rings. The van der Waals surface area contributed by atoms with Crippen LogP contribution in [0.4, 0.5) is 11.6 Å². The van der Waals surface area contributed by atoms with Gasteiger partial charge in [0.15, 0.2) is 0 Å². The fraction of sp³-hybridized carbons (Fsp3) is 0. The van der Waals surface area contributed by atoms with Crippen LogP contribution in [0, 0.1) is 11.3 Å². The molecular formula is C20H14ClN5O3S. The Kier molecular flexibility index (Phi) is 6.41. The molecule has 2 N–H and O–H groups in total. The number of nitrogens with one attached hydrogen (secondary N) is 2. The Labute approximate surface area is 177 Å². The topological polar surface area (TPSA) is 125 Å². The van der Waals surface area contributed by atoms with E-state index in [2.05, 4.69) is 20.0 Å².